The second-order valence-corrected chi connectivity index (χ2v) is 11.2. The van der Waals surface area contributed by atoms with E-state index >= 15 is 0 Å². The minimum atomic E-state index is -0.744. The van der Waals surface area contributed by atoms with Gasteiger partial charge in [0, 0.05) is 37.3 Å². The predicted molar refractivity (Wildman–Crippen MR) is 161 cm³/mol. The molecule has 2 amide bonds. The number of methoxy groups -OCH3 is 1. The summed E-state index contributed by atoms with van der Waals surface area (Å²) >= 11 is 0. The van der Waals surface area contributed by atoms with Crippen molar-refractivity contribution < 1.29 is 19.4 Å². The Morgan fingerprint density at radius 3 is 2.40 bits per heavy atom. The first-order valence-electron chi connectivity index (χ1n) is 15.1. The molecule has 0 saturated heterocycles. The van der Waals surface area contributed by atoms with Crippen LogP contribution in [0.4, 0.5) is 0 Å². The van der Waals surface area contributed by atoms with Crippen molar-refractivity contribution in [2.24, 2.45) is 5.92 Å². The Labute approximate surface area is 240 Å². The second-order valence-electron chi connectivity index (χ2n) is 11.2. The number of ether oxygens (including phenoxy) is 1. The van der Waals surface area contributed by atoms with E-state index in [2.05, 4.69) is 24.5 Å². The van der Waals surface area contributed by atoms with Crippen molar-refractivity contribution in [3.63, 3.8) is 0 Å². The van der Waals surface area contributed by atoms with Crippen molar-refractivity contribution in [3.05, 3.63) is 64.7 Å². The lowest BCUT2D eigenvalue weighted by Gasteiger charge is -2.30. The summed E-state index contributed by atoms with van der Waals surface area (Å²) in [5.41, 5.74) is 2.93. The number of hydrogen-bond donors (Lipinski definition) is 3. The predicted octanol–water partition coefficient (Wildman–Crippen LogP) is 5.49. The summed E-state index contributed by atoms with van der Waals surface area (Å²) in [5.74, 6) is 0.995. The third kappa shape index (κ3) is 9.63. The van der Waals surface area contributed by atoms with Crippen LogP contribution in [0.1, 0.15) is 97.1 Å². The molecule has 0 spiro atoms. The molecular weight excluding hydrogens is 502 g/mol. The maximum absolute atomic E-state index is 13.5. The topological polar surface area (TPSA) is 90.9 Å². The Morgan fingerprint density at radius 1 is 1.02 bits per heavy atom. The number of benzene rings is 2. The highest BCUT2D eigenvalue weighted by molar-refractivity contribution is 6.00. The van der Waals surface area contributed by atoms with Gasteiger partial charge in [0.2, 0.25) is 0 Å². The number of carbonyl (C=O) groups is 2. The van der Waals surface area contributed by atoms with Crippen LogP contribution in [0.2, 0.25) is 0 Å². The fourth-order valence-electron chi connectivity index (χ4n) is 5.71. The molecule has 40 heavy (non-hydrogen) atoms. The fraction of sp³-hybridized carbons (Fsp3) is 0.576. The number of nitrogens with one attached hydrogen (secondary N) is 2. The highest BCUT2D eigenvalue weighted by Crippen LogP contribution is 2.28. The van der Waals surface area contributed by atoms with E-state index < -0.39 is 6.10 Å². The first-order valence-corrected chi connectivity index (χ1v) is 15.1. The molecule has 0 aromatic heterocycles. The molecule has 1 aliphatic carbocycles. The van der Waals surface area contributed by atoms with Gasteiger partial charge in [-0.15, -0.1) is 0 Å². The first kappa shape index (κ1) is 31.6. The third-order valence-electron chi connectivity index (χ3n) is 7.77. The van der Waals surface area contributed by atoms with Gasteiger partial charge in [-0.3, -0.25) is 9.59 Å². The van der Waals surface area contributed by atoms with Gasteiger partial charge in [-0.25, -0.2) is 0 Å². The molecule has 1 saturated carbocycles. The SMILES string of the molecule is CCCN(CCC)C(=O)c1cc(C)cc(C(=O)N[C@@H](CC2CCCCC2)[C@H](O)CNCc2cccc(OC)c2)c1. The maximum atomic E-state index is 13.5. The van der Waals surface area contributed by atoms with Gasteiger partial charge < -0.3 is 25.4 Å². The zero-order chi connectivity index (χ0) is 28.9. The number of rotatable bonds is 15. The highest BCUT2D eigenvalue weighted by atomic mass is 16.5. The lowest BCUT2D eigenvalue weighted by Crippen LogP contribution is -2.48. The molecule has 3 rings (SSSR count). The zero-order valence-corrected chi connectivity index (χ0v) is 24.9. The number of nitrogens with zero attached hydrogens (tertiary/aromatic N) is 1. The highest BCUT2D eigenvalue weighted by Gasteiger charge is 2.27. The summed E-state index contributed by atoms with van der Waals surface area (Å²) in [7, 11) is 1.65. The van der Waals surface area contributed by atoms with Crippen molar-refractivity contribution in [1.29, 1.82) is 0 Å². The Kier molecular flexibility index (Phi) is 13.0. The summed E-state index contributed by atoms with van der Waals surface area (Å²) in [6, 6.07) is 12.8. The van der Waals surface area contributed by atoms with Crippen LogP contribution < -0.4 is 15.4 Å². The molecule has 0 unspecified atom stereocenters. The average molecular weight is 552 g/mol. The summed E-state index contributed by atoms with van der Waals surface area (Å²) < 4.78 is 5.31. The van der Waals surface area contributed by atoms with Crippen LogP contribution in [0.5, 0.6) is 5.75 Å². The molecule has 0 bridgehead atoms. The van der Waals surface area contributed by atoms with Crippen molar-refractivity contribution in [1.82, 2.24) is 15.5 Å². The molecule has 7 heteroatoms. The lowest BCUT2D eigenvalue weighted by molar-refractivity contribution is 0.0755. The molecule has 220 valence electrons. The van der Waals surface area contributed by atoms with Crippen LogP contribution in [-0.4, -0.2) is 60.7 Å². The minimum absolute atomic E-state index is 0.0398. The molecule has 0 heterocycles. The molecule has 2 aromatic carbocycles. The monoisotopic (exact) mass is 551 g/mol. The van der Waals surface area contributed by atoms with E-state index in [4.69, 9.17) is 4.74 Å². The van der Waals surface area contributed by atoms with E-state index in [1.165, 1.54) is 19.3 Å². The van der Waals surface area contributed by atoms with E-state index in [-0.39, 0.29) is 17.9 Å². The molecule has 0 aliphatic heterocycles. The molecular formula is C33H49N3O4. The van der Waals surface area contributed by atoms with Gasteiger partial charge in [-0.2, -0.15) is 0 Å². The number of amides is 2. The lowest BCUT2D eigenvalue weighted by atomic mass is 9.83. The van der Waals surface area contributed by atoms with Crippen LogP contribution in [0, 0.1) is 12.8 Å². The molecule has 2 atom stereocenters. The van der Waals surface area contributed by atoms with Crippen molar-refractivity contribution in [2.45, 2.75) is 90.8 Å². The third-order valence-corrected chi connectivity index (χ3v) is 7.77. The van der Waals surface area contributed by atoms with Crippen LogP contribution in [0.3, 0.4) is 0 Å². The molecule has 2 aromatic rings. The van der Waals surface area contributed by atoms with E-state index in [1.54, 1.807) is 13.2 Å². The van der Waals surface area contributed by atoms with Crippen LogP contribution in [0.25, 0.3) is 0 Å². The maximum Gasteiger partial charge on any atom is 0.253 e. The van der Waals surface area contributed by atoms with Crippen molar-refractivity contribution in [2.75, 3.05) is 26.7 Å². The summed E-state index contributed by atoms with van der Waals surface area (Å²) in [4.78, 5) is 28.7. The number of hydrogen-bond acceptors (Lipinski definition) is 5. The largest absolute Gasteiger partial charge is 0.497 e. The second kappa shape index (κ2) is 16.4. The van der Waals surface area contributed by atoms with Gasteiger partial charge in [-0.1, -0.05) is 58.1 Å². The van der Waals surface area contributed by atoms with Crippen LogP contribution in [-0.2, 0) is 6.54 Å². The van der Waals surface area contributed by atoms with Gasteiger partial charge in [0.05, 0.1) is 19.3 Å². The van der Waals surface area contributed by atoms with Gasteiger partial charge in [0.25, 0.3) is 11.8 Å². The summed E-state index contributed by atoms with van der Waals surface area (Å²) in [5, 5.41) is 17.7. The quantitative estimate of drug-likeness (QED) is 0.273. The average Bonchev–Trinajstić information content (AvgIpc) is 2.96. The van der Waals surface area contributed by atoms with Gasteiger partial charge >= 0.3 is 0 Å². The van der Waals surface area contributed by atoms with Gasteiger partial charge in [0.15, 0.2) is 0 Å². The van der Waals surface area contributed by atoms with Crippen LogP contribution >= 0.6 is 0 Å². The van der Waals surface area contributed by atoms with Gasteiger partial charge in [0.1, 0.15) is 5.75 Å². The Hall–Kier alpha value is -2.90. The number of aliphatic hydroxyl groups is 1. The fourth-order valence-corrected chi connectivity index (χ4v) is 5.71. The van der Waals surface area contributed by atoms with E-state index in [0.717, 1.165) is 49.0 Å². The summed E-state index contributed by atoms with van der Waals surface area (Å²) in [6.45, 7) is 8.38. The Balaban J connectivity index is 1.72. The zero-order valence-electron chi connectivity index (χ0n) is 24.9. The van der Waals surface area contributed by atoms with E-state index in [0.29, 0.717) is 43.2 Å². The first-order chi connectivity index (χ1) is 19.3. The van der Waals surface area contributed by atoms with Crippen molar-refractivity contribution >= 4 is 11.8 Å². The molecule has 0 radical (unpaired) electrons. The molecule has 3 N–H and O–H groups in total. The molecule has 7 nitrogen and oxygen atoms in total. The standard InChI is InChI=1S/C33H49N3O4/c1-5-15-36(16-6-2)33(39)28-18-24(3)17-27(21-28)32(38)35-30(20-25-11-8-7-9-12-25)31(37)23-34-22-26-13-10-14-29(19-26)40-4/h10,13-14,17-19,21,25,30-31,34,37H,5-9,11-12,15-16,20,22-23H2,1-4H3,(H,35,38)/t30-,31+/m0/s1. The minimum Gasteiger partial charge on any atom is -0.497 e. The van der Waals surface area contributed by atoms with Crippen LogP contribution in [0.15, 0.2) is 42.5 Å². The normalized spacial score (nSPS) is 15.3. The van der Waals surface area contributed by atoms with Crippen molar-refractivity contribution in [3.8, 4) is 5.75 Å². The molecule has 1 aliphatic rings. The van der Waals surface area contributed by atoms with E-state index in [1.807, 2.05) is 48.2 Å². The summed E-state index contributed by atoms with van der Waals surface area (Å²) in [6.07, 6.45) is 7.68. The Morgan fingerprint density at radius 2 is 1.73 bits per heavy atom. The molecule has 1 fully saturated rings. The van der Waals surface area contributed by atoms with E-state index in [9.17, 15) is 14.7 Å². The number of aliphatic hydroxyl groups excluding tert-OH is 1. The Bertz CT molecular complexity index is 1080. The smallest absolute Gasteiger partial charge is 0.253 e. The van der Waals surface area contributed by atoms with Gasteiger partial charge in [-0.05, 0) is 73.6 Å². The number of carbonyl (C=O) groups excluding carboxylic acids is 2. The number of aryl methyl sites for hydroxylation is 1.